The molecule has 22 heavy (non-hydrogen) atoms. The minimum absolute atomic E-state index is 0. The fraction of sp³-hybridized carbons (Fsp3) is 0.462. The monoisotopic (exact) mass is 413 g/mol. The summed E-state index contributed by atoms with van der Waals surface area (Å²) in [6, 6.07) is 3.03. The third kappa shape index (κ3) is 6.21. The number of carbonyl (C=O) groups is 1. The average molecular weight is 415 g/mol. The first-order valence-corrected chi connectivity index (χ1v) is 8.74. The molecule has 0 aromatic heterocycles. The molecule has 0 saturated heterocycles. The van der Waals surface area contributed by atoms with Crippen LogP contribution >= 0.6 is 28.3 Å². The zero-order valence-corrected chi connectivity index (χ0v) is 15.9. The molecule has 1 unspecified atom stereocenters. The summed E-state index contributed by atoms with van der Waals surface area (Å²) in [5.74, 6) is -0.222. The number of benzene rings is 1. The zero-order valence-electron chi connectivity index (χ0n) is 12.6. The molecule has 1 amide bonds. The van der Waals surface area contributed by atoms with E-state index in [2.05, 4.69) is 26.0 Å². The zero-order chi connectivity index (χ0) is 16.2. The smallest absolute Gasteiger partial charge is 0.240 e. The van der Waals surface area contributed by atoms with Crippen LogP contribution in [0, 0.1) is 6.92 Å². The molecule has 1 rings (SSSR count). The van der Waals surface area contributed by atoms with E-state index >= 15 is 0 Å². The van der Waals surface area contributed by atoms with Crippen LogP contribution < -0.4 is 15.8 Å². The van der Waals surface area contributed by atoms with Gasteiger partial charge in [-0.3, -0.25) is 4.79 Å². The van der Waals surface area contributed by atoms with E-state index in [0.717, 1.165) is 0 Å². The number of rotatable bonds is 6. The molecule has 0 saturated carbocycles. The maximum atomic E-state index is 12.3. The molecule has 0 spiro atoms. The first-order chi connectivity index (χ1) is 9.63. The first kappa shape index (κ1) is 21.3. The van der Waals surface area contributed by atoms with E-state index in [1.807, 2.05) is 6.92 Å². The van der Waals surface area contributed by atoms with Crippen molar-refractivity contribution in [3.63, 3.8) is 0 Å². The number of nitrogens with one attached hydrogen (secondary N) is 2. The predicted molar refractivity (Wildman–Crippen MR) is 93.9 cm³/mol. The Morgan fingerprint density at radius 2 is 2.00 bits per heavy atom. The largest absolute Gasteiger partial charge is 0.328 e. The molecule has 0 fully saturated rings. The van der Waals surface area contributed by atoms with Crippen LogP contribution in [0.25, 0.3) is 0 Å². The van der Waals surface area contributed by atoms with Gasteiger partial charge >= 0.3 is 0 Å². The van der Waals surface area contributed by atoms with E-state index in [4.69, 9.17) is 5.73 Å². The Labute approximate surface area is 145 Å². The lowest BCUT2D eigenvalue weighted by atomic mass is 10.2. The van der Waals surface area contributed by atoms with Gasteiger partial charge in [-0.25, -0.2) is 13.1 Å². The third-order valence-corrected chi connectivity index (χ3v) is 5.02. The molecule has 1 aromatic rings. The molecule has 4 N–H and O–H groups in total. The van der Waals surface area contributed by atoms with Crippen molar-refractivity contribution in [3.05, 3.63) is 22.2 Å². The van der Waals surface area contributed by atoms with Crippen molar-refractivity contribution in [2.24, 2.45) is 5.73 Å². The Hall–Kier alpha value is -0.670. The van der Waals surface area contributed by atoms with Crippen molar-refractivity contribution in [1.82, 2.24) is 4.72 Å². The van der Waals surface area contributed by atoms with E-state index in [0.29, 0.717) is 22.1 Å². The maximum Gasteiger partial charge on any atom is 0.240 e. The normalized spacial score (nSPS) is 12.4. The minimum Gasteiger partial charge on any atom is -0.328 e. The Morgan fingerprint density at radius 1 is 1.41 bits per heavy atom. The van der Waals surface area contributed by atoms with Crippen LogP contribution in [0.2, 0.25) is 0 Å². The molecule has 1 atom stereocenters. The first-order valence-electron chi connectivity index (χ1n) is 6.46. The molecular formula is C13H21BrClN3O3S. The SMILES string of the molecule is CC(=O)Nc1cc(C)c(S(=O)(=O)NCCC(C)N)cc1Br.Cl. The lowest BCUT2D eigenvalue weighted by molar-refractivity contribution is -0.114. The second-order valence-corrected chi connectivity index (χ2v) is 7.53. The summed E-state index contributed by atoms with van der Waals surface area (Å²) in [5.41, 5.74) is 6.69. The van der Waals surface area contributed by atoms with Crippen LogP contribution in [0.15, 0.2) is 21.5 Å². The number of carbonyl (C=O) groups excluding carboxylic acids is 1. The highest BCUT2D eigenvalue weighted by Crippen LogP contribution is 2.28. The Kier molecular flexibility index (Phi) is 8.56. The topological polar surface area (TPSA) is 101 Å². The lowest BCUT2D eigenvalue weighted by Crippen LogP contribution is -2.29. The van der Waals surface area contributed by atoms with Crippen LogP contribution in [-0.2, 0) is 14.8 Å². The van der Waals surface area contributed by atoms with Crippen LogP contribution in [-0.4, -0.2) is 26.9 Å². The van der Waals surface area contributed by atoms with E-state index in [1.165, 1.54) is 13.0 Å². The standard InChI is InChI=1S/C13H20BrN3O3S.ClH/c1-8-6-12(17-10(3)18)11(14)7-13(8)21(19,20)16-5-4-9(2)15;/h6-7,9,16H,4-5,15H2,1-3H3,(H,17,18);1H. The highest BCUT2D eigenvalue weighted by Gasteiger charge is 2.18. The molecule has 0 bridgehead atoms. The summed E-state index contributed by atoms with van der Waals surface area (Å²) in [5, 5.41) is 2.63. The van der Waals surface area contributed by atoms with E-state index in [9.17, 15) is 13.2 Å². The van der Waals surface area contributed by atoms with Gasteiger partial charge in [0.25, 0.3) is 0 Å². The average Bonchev–Trinajstić information content (AvgIpc) is 2.31. The fourth-order valence-electron chi connectivity index (χ4n) is 1.74. The highest BCUT2D eigenvalue weighted by atomic mass is 79.9. The summed E-state index contributed by atoms with van der Waals surface area (Å²) in [6.07, 6.45) is 0.559. The highest BCUT2D eigenvalue weighted by molar-refractivity contribution is 9.10. The van der Waals surface area contributed by atoms with Crippen molar-refractivity contribution in [1.29, 1.82) is 0 Å². The molecule has 0 radical (unpaired) electrons. The fourth-order valence-corrected chi connectivity index (χ4v) is 3.63. The number of hydrogen-bond acceptors (Lipinski definition) is 4. The number of hydrogen-bond donors (Lipinski definition) is 3. The molecule has 126 valence electrons. The number of anilines is 1. The van der Waals surface area contributed by atoms with Gasteiger partial charge in [-0.05, 0) is 53.9 Å². The van der Waals surface area contributed by atoms with Gasteiger partial charge in [0, 0.05) is 24.0 Å². The number of sulfonamides is 1. The molecule has 0 aliphatic carbocycles. The second kappa shape index (κ2) is 8.83. The van der Waals surface area contributed by atoms with Gasteiger partial charge in [-0.1, -0.05) is 0 Å². The number of aryl methyl sites for hydroxylation is 1. The molecule has 0 heterocycles. The third-order valence-electron chi connectivity index (χ3n) is 2.76. The molecular weight excluding hydrogens is 394 g/mol. The predicted octanol–water partition coefficient (Wildman–Crippen LogP) is 2.15. The Balaban J connectivity index is 0.00000441. The number of halogens is 2. The second-order valence-electron chi connectivity index (χ2n) is 4.94. The number of nitrogens with two attached hydrogens (primary N) is 1. The van der Waals surface area contributed by atoms with Gasteiger partial charge in [-0.15, -0.1) is 12.4 Å². The molecule has 0 aliphatic heterocycles. The van der Waals surface area contributed by atoms with Gasteiger partial charge in [0.2, 0.25) is 15.9 Å². The minimum atomic E-state index is -3.60. The van der Waals surface area contributed by atoms with Crippen molar-refractivity contribution >= 4 is 50.0 Å². The summed E-state index contributed by atoms with van der Waals surface area (Å²) >= 11 is 3.27. The van der Waals surface area contributed by atoms with E-state index in [-0.39, 0.29) is 35.8 Å². The van der Waals surface area contributed by atoms with Gasteiger partial charge in [0.05, 0.1) is 10.6 Å². The van der Waals surface area contributed by atoms with Crippen molar-refractivity contribution in [3.8, 4) is 0 Å². The van der Waals surface area contributed by atoms with Gasteiger partial charge in [0.1, 0.15) is 0 Å². The molecule has 0 aliphatic rings. The van der Waals surface area contributed by atoms with Crippen molar-refractivity contribution in [2.75, 3.05) is 11.9 Å². The van der Waals surface area contributed by atoms with Crippen molar-refractivity contribution in [2.45, 2.75) is 38.1 Å². The van der Waals surface area contributed by atoms with Crippen molar-refractivity contribution < 1.29 is 13.2 Å². The summed E-state index contributed by atoms with van der Waals surface area (Å²) in [6.45, 7) is 5.17. The number of amides is 1. The van der Waals surface area contributed by atoms with Gasteiger partial charge in [0.15, 0.2) is 0 Å². The Bertz CT molecular complexity index is 636. The molecule has 9 heteroatoms. The lowest BCUT2D eigenvalue weighted by Gasteiger charge is -2.13. The molecule has 1 aromatic carbocycles. The maximum absolute atomic E-state index is 12.3. The summed E-state index contributed by atoms with van der Waals surface area (Å²) in [7, 11) is -3.60. The molecule has 6 nitrogen and oxygen atoms in total. The summed E-state index contributed by atoms with van der Waals surface area (Å²) in [4.78, 5) is 11.3. The van der Waals surface area contributed by atoms with E-state index in [1.54, 1.807) is 13.0 Å². The van der Waals surface area contributed by atoms with Crippen LogP contribution in [0.3, 0.4) is 0 Å². The van der Waals surface area contributed by atoms with Gasteiger partial charge in [-0.2, -0.15) is 0 Å². The van der Waals surface area contributed by atoms with Crippen LogP contribution in [0.4, 0.5) is 5.69 Å². The van der Waals surface area contributed by atoms with Crippen LogP contribution in [0.1, 0.15) is 25.8 Å². The van der Waals surface area contributed by atoms with Crippen LogP contribution in [0.5, 0.6) is 0 Å². The summed E-state index contributed by atoms with van der Waals surface area (Å²) < 4.78 is 27.5. The van der Waals surface area contributed by atoms with E-state index < -0.39 is 10.0 Å². The quantitative estimate of drug-likeness (QED) is 0.664. The Morgan fingerprint density at radius 3 is 2.50 bits per heavy atom. The van der Waals surface area contributed by atoms with Gasteiger partial charge < -0.3 is 11.1 Å².